The molecule has 1 aromatic heterocycles. The van der Waals surface area contributed by atoms with Crippen molar-refractivity contribution in [2.45, 2.75) is 0 Å². The lowest BCUT2D eigenvalue weighted by atomic mass is 10.3. The van der Waals surface area contributed by atoms with E-state index in [4.69, 9.17) is 11.6 Å². The molecule has 0 aliphatic carbocycles. The number of anilines is 2. The smallest absolute Gasteiger partial charge is 0.311 e. The molecule has 1 heterocycles. The number of nitrogens with one attached hydrogen (secondary N) is 1. The van der Waals surface area contributed by atoms with Crippen molar-refractivity contribution in [3.63, 3.8) is 0 Å². The van der Waals surface area contributed by atoms with Crippen molar-refractivity contribution in [1.29, 1.82) is 0 Å². The molecular formula is C11H6ClF2N3O2. The summed E-state index contributed by atoms with van der Waals surface area (Å²) < 4.78 is 25.8. The number of pyridine rings is 1. The van der Waals surface area contributed by atoms with Gasteiger partial charge in [-0.1, -0.05) is 11.6 Å². The van der Waals surface area contributed by atoms with E-state index in [9.17, 15) is 18.9 Å². The first-order valence-corrected chi connectivity index (χ1v) is 5.38. The van der Waals surface area contributed by atoms with Crippen molar-refractivity contribution in [2.24, 2.45) is 0 Å². The summed E-state index contributed by atoms with van der Waals surface area (Å²) in [6.45, 7) is 0. The van der Waals surface area contributed by atoms with Crippen LogP contribution in [0.5, 0.6) is 0 Å². The Labute approximate surface area is 111 Å². The molecule has 5 nitrogen and oxygen atoms in total. The minimum absolute atomic E-state index is 0.0377. The minimum Gasteiger partial charge on any atom is -0.334 e. The molecular weight excluding hydrogens is 280 g/mol. The molecule has 1 N–H and O–H groups in total. The monoisotopic (exact) mass is 285 g/mol. The Bertz CT molecular complexity index is 652. The van der Waals surface area contributed by atoms with Crippen LogP contribution < -0.4 is 5.32 Å². The lowest BCUT2D eigenvalue weighted by Gasteiger charge is -2.06. The molecule has 0 fully saturated rings. The standard InChI is InChI=1S/C11H6ClF2N3O2/c12-10-4-3-9(17(18)19)11(16-10)15-6-1-2-7(13)8(14)5-6/h1-5H,(H,15,16). The summed E-state index contributed by atoms with van der Waals surface area (Å²) in [5, 5.41) is 13.3. The Kier molecular flexibility index (Phi) is 3.57. The summed E-state index contributed by atoms with van der Waals surface area (Å²) in [5.74, 6) is -2.24. The summed E-state index contributed by atoms with van der Waals surface area (Å²) in [5.41, 5.74) is -0.203. The van der Waals surface area contributed by atoms with Crippen molar-refractivity contribution in [1.82, 2.24) is 4.98 Å². The summed E-state index contributed by atoms with van der Waals surface area (Å²) in [6, 6.07) is 5.41. The molecule has 0 aliphatic rings. The van der Waals surface area contributed by atoms with Crippen LogP contribution in [0.25, 0.3) is 0 Å². The largest absolute Gasteiger partial charge is 0.334 e. The molecule has 0 spiro atoms. The van der Waals surface area contributed by atoms with E-state index in [0.717, 1.165) is 18.2 Å². The first kappa shape index (κ1) is 13.2. The third kappa shape index (κ3) is 2.94. The highest BCUT2D eigenvalue weighted by Crippen LogP contribution is 2.27. The van der Waals surface area contributed by atoms with Gasteiger partial charge < -0.3 is 5.32 Å². The van der Waals surface area contributed by atoms with Crippen molar-refractivity contribution in [3.8, 4) is 0 Å². The lowest BCUT2D eigenvalue weighted by Crippen LogP contribution is -2.00. The molecule has 0 saturated carbocycles. The Hall–Kier alpha value is -2.28. The molecule has 98 valence electrons. The fraction of sp³-hybridized carbons (Fsp3) is 0. The fourth-order valence-corrected chi connectivity index (χ4v) is 1.53. The number of hydrogen-bond donors (Lipinski definition) is 1. The summed E-state index contributed by atoms with van der Waals surface area (Å²) in [6.07, 6.45) is 0. The molecule has 2 rings (SSSR count). The second-order valence-electron chi connectivity index (χ2n) is 3.51. The quantitative estimate of drug-likeness (QED) is 0.531. The fourth-order valence-electron chi connectivity index (χ4n) is 1.38. The van der Waals surface area contributed by atoms with Crippen LogP contribution in [0.4, 0.5) is 26.0 Å². The van der Waals surface area contributed by atoms with Gasteiger partial charge in [-0.25, -0.2) is 13.8 Å². The molecule has 0 unspecified atom stereocenters. The molecule has 0 radical (unpaired) electrons. The zero-order chi connectivity index (χ0) is 14.0. The van der Waals surface area contributed by atoms with Gasteiger partial charge in [-0.05, 0) is 18.2 Å². The zero-order valence-corrected chi connectivity index (χ0v) is 9.99. The van der Waals surface area contributed by atoms with E-state index in [1.165, 1.54) is 12.1 Å². The molecule has 1 aromatic carbocycles. The van der Waals surface area contributed by atoms with Crippen LogP contribution in [0.15, 0.2) is 30.3 Å². The van der Waals surface area contributed by atoms with Crippen molar-refractivity contribution < 1.29 is 13.7 Å². The zero-order valence-electron chi connectivity index (χ0n) is 9.23. The number of rotatable bonds is 3. The number of halogens is 3. The third-order valence-corrected chi connectivity index (χ3v) is 2.43. The van der Waals surface area contributed by atoms with Crippen LogP contribution in [0.3, 0.4) is 0 Å². The van der Waals surface area contributed by atoms with Crippen LogP contribution >= 0.6 is 11.6 Å². The van der Waals surface area contributed by atoms with Gasteiger partial charge in [0.05, 0.1) is 4.92 Å². The predicted molar refractivity (Wildman–Crippen MR) is 65.5 cm³/mol. The Morgan fingerprint density at radius 1 is 1.21 bits per heavy atom. The summed E-state index contributed by atoms with van der Waals surface area (Å²) in [4.78, 5) is 13.9. The van der Waals surface area contributed by atoms with Gasteiger partial charge in [-0.15, -0.1) is 0 Å². The van der Waals surface area contributed by atoms with E-state index in [1.54, 1.807) is 0 Å². The molecule has 19 heavy (non-hydrogen) atoms. The normalized spacial score (nSPS) is 10.3. The topological polar surface area (TPSA) is 68.1 Å². The Morgan fingerprint density at radius 2 is 1.95 bits per heavy atom. The van der Waals surface area contributed by atoms with Gasteiger partial charge in [0.15, 0.2) is 11.6 Å². The van der Waals surface area contributed by atoms with Crippen LogP contribution in [-0.4, -0.2) is 9.91 Å². The summed E-state index contributed by atoms with van der Waals surface area (Å²) in [7, 11) is 0. The van der Waals surface area contributed by atoms with Gasteiger partial charge in [-0.2, -0.15) is 0 Å². The second kappa shape index (κ2) is 5.15. The van der Waals surface area contributed by atoms with Crippen LogP contribution in [-0.2, 0) is 0 Å². The van der Waals surface area contributed by atoms with E-state index in [2.05, 4.69) is 10.3 Å². The van der Waals surface area contributed by atoms with E-state index in [0.29, 0.717) is 0 Å². The van der Waals surface area contributed by atoms with Gasteiger partial charge >= 0.3 is 5.69 Å². The van der Waals surface area contributed by atoms with Gasteiger partial charge in [0, 0.05) is 17.8 Å². The van der Waals surface area contributed by atoms with Crippen LogP contribution in [0.2, 0.25) is 5.15 Å². The first-order chi connectivity index (χ1) is 8.97. The van der Waals surface area contributed by atoms with Gasteiger partial charge in [0.1, 0.15) is 5.15 Å². The molecule has 0 saturated heterocycles. The number of benzene rings is 1. The maximum absolute atomic E-state index is 13.0. The highest BCUT2D eigenvalue weighted by molar-refractivity contribution is 6.29. The van der Waals surface area contributed by atoms with Crippen molar-refractivity contribution >= 4 is 28.8 Å². The van der Waals surface area contributed by atoms with Crippen LogP contribution in [0.1, 0.15) is 0 Å². The average molecular weight is 286 g/mol. The summed E-state index contributed by atoms with van der Waals surface area (Å²) >= 11 is 5.64. The number of nitrogens with zero attached hydrogens (tertiary/aromatic N) is 2. The Morgan fingerprint density at radius 3 is 2.58 bits per heavy atom. The molecule has 2 aromatic rings. The van der Waals surface area contributed by atoms with Gasteiger partial charge in [-0.3, -0.25) is 10.1 Å². The maximum atomic E-state index is 13.0. The number of aromatic nitrogens is 1. The van der Waals surface area contributed by atoms with Crippen molar-refractivity contribution in [2.75, 3.05) is 5.32 Å². The first-order valence-electron chi connectivity index (χ1n) is 5.00. The molecule has 0 aliphatic heterocycles. The average Bonchev–Trinajstić information content (AvgIpc) is 2.33. The van der Waals surface area contributed by atoms with Crippen LogP contribution in [0, 0.1) is 21.7 Å². The van der Waals surface area contributed by atoms with Gasteiger partial charge in [0.2, 0.25) is 5.82 Å². The third-order valence-electron chi connectivity index (χ3n) is 2.22. The van der Waals surface area contributed by atoms with E-state index < -0.39 is 16.6 Å². The molecule has 0 amide bonds. The minimum atomic E-state index is -1.07. The Balaban J connectivity index is 2.39. The van der Waals surface area contributed by atoms with E-state index >= 15 is 0 Å². The van der Waals surface area contributed by atoms with E-state index in [1.807, 2.05) is 0 Å². The number of hydrogen-bond acceptors (Lipinski definition) is 4. The molecule has 8 heteroatoms. The van der Waals surface area contributed by atoms with Crippen molar-refractivity contribution in [3.05, 3.63) is 57.2 Å². The van der Waals surface area contributed by atoms with E-state index in [-0.39, 0.29) is 22.3 Å². The highest BCUT2D eigenvalue weighted by Gasteiger charge is 2.16. The lowest BCUT2D eigenvalue weighted by molar-refractivity contribution is -0.384. The second-order valence-corrected chi connectivity index (χ2v) is 3.90. The molecule has 0 bridgehead atoms. The molecule has 0 atom stereocenters. The maximum Gasteiger partial charge on any atom is 0.311 e. The number of nitro groups is 1. The predicted octanol–water partition coefficient (Wildman–Crippen LogP) is 3.67. The highest BCUT2D eigenvalue weighted by atomic mass is 35.5. The van der Waals surface area contributed by atoms with Gasteiger partial charge in [0.25, 0.3) is 0 Å². The SMILES string of the molecule is O=[N+]([O-])c1ccc(Cl)nc1Nc1ccc(F)c(F)c1.